The van der Waals surface area contributed by atoms with Gasteiger partial charge in [0.1, 0.15) is 0 Å². The first-order chi connectivity index (χ1) is 8.56. The van der Waals surface area contributed by atoms with Gasteiger partial charge in [0, 0.05) is 11.8 Å². The Labute approximate surface area is 100 Å². The molecule has 0 unspecified atom stereocenters. The molecule has 0 saturated carbocycles. The van der Waals surface area contributed by atoms with E-state index in [9.17, 15) is 13.6 Å². The Balaban J connectivity index is 2.18. The summed E-state index contributed by atoms with van der Waals surface area (Å²) in [6, 6.07) is 5.87. The maximum atomic E-state index is 12.9. The summed E-state index contributed by atoms with van der Waals surface area (Å²) in [5.41, 5.74) is 0.0807. The van der Waals surface area contributed by atoms with Crippen molar-refractivity contribution >= 4 is 17.5 Å². The van der Waals surface area contributed by atoms with Crippen LogP contribution in [0.3, 0.4) is 0 Å². The van der Waals surface area contributed by atoms with Gasteiger partial charge < -0.3 is 10.4 Å². The number of aromatic carboxylic acids is 1. The van der Waals surface area contributed by atoms with Gasteiger partial charge in [0.05, 0.1) is 0 Å². The maximum absolute atomic E-state index is 12.9. The van der Waals surface area contributed by atoms with Crippen LogP contribution >= 0.6 is 0 Å². The van der Waals surface area contributed by atoms with E-state index in [1.807, 2.05) is 0 Å². The molecule has 0 fully saturated rings. The Kier molecular flexibility index (Phi) is 3.13. The molecule has 1 aromatic carbocycles. The average molecular weight is 251 g/mol. The second-order valence-corrected chi connectivity index (χ2v) is 3.36. The Morgan fingerprint density at radius 1 is 1.11 bits per heavy atom. The van der Waals surface area contributed by atoms with Crippen molar-refractivity contribution in [2.75, 3.05) is 5.32 Å². The van der Waals surface area contributed by atoms with Crippen LogP contribution in [0.4, 0.5) is 20.3 Å². The molecule has 0 radical (unpaired) electrons. The van der Waals surface area contributed by atoms with E-state index >= 15 is 0 Å². The lowest BCUT2D eigenvalue weighted by atomic mass is 10.3. The third-order valence-electron chi connectivity index (χ3n) is 2.08. The predicted octanol–water partition coefficient (Wildman–Crippen LogP) is 2.20. The largest absolute Gasteiger partial charge is 0.476 e. The summed E-state index contributed by atoms with van der Waals surface area (Å²) in [5, 5.41) is 18.3. The lowest BCUT2D eigenvalue weighted by Gasteiger charge is -2.05. The Morgan fingerprint density at radius 3 is 2.44 bits per heavy atom. The minimum absolute atomic E-state index is 0.203. The highest BCUT2D eigenvalue weighted by Crippen LogP contribution is 2.17. The van der Waals surface area contributed by atoms with E-state index in [1.165, 1.54) is 18.2 Å². The molecule has 2 aromatic rings. The lowest BCUT2D eigenvalue weighted by Crippen LogP contribution is -2.03. The van der Waals surface area contributed by atoms with Gasteiger partial charge in [-0.3, -0.25) is 0 Å². The Bertz CT molecular complexity index is 587. The van der Waals surface area contributed by atoms with Crippen LogP contribution < -0.4 is 5.32 Å². The molecule has 1 aromatic heterocycles. The van der Waals surface area contributed by atoms with Crippen molar-refractivity contribution in [1.29, 1.82) is 0 Å². The molecule has 92 valence electrons. The van der Waals surface area contributed by atoms with E-state index in [2.05, 4.69) is 15.5 Å². The van der Waals surface area contributed by atoms with Crippen LogP contribution in [0.2, 0.25) is 0 Å². The fourth-order valence-corrected chi connectivity index (χ4v) is 1.23. The van der Waals surface area contributed by atoms with Gasteiger partial charge in [-0.25, -0.2) is 13.6 Å². The second-order valence-electron chi connectivity index (χ2n) is 3.36. The van der Waals surface area contributed by atoms with Gasteiger partial charge in [0.25, 0.3) is 0 Å². The van der Waals surface area contributed by atoms with Crippen LogP contribution in [0, 0.1) is 11.6 Å². The van der Waals surface area contributed by atoms with Crippen LogP contribution in [0.1, 0.15) is 10.5 Å². The number of aromatic nitrogens is 2. The van der Waals surface area contributed by atoms with Crippen molar-refractivity contribution < 1.29 is 18.7 Å². The zero-order valence-electron chi connectivity index (χ0n) is 8.89. The highest BCUT2D eigenvalue weighted by atomic mass is 19.2. The van der Waals surface area contributed by atoms with Crippen molar-refractivity contribution in [1.82, 2.24) is 10.2 Å². The summed E-state index contributed by atoms with van der Waals surface area (Å²) in [5.74, 6) is -2.91. The number of carboxylic acid groups (broad SMARTS) is 1. The molecule has 2 rings (SSSR count). The Hall–Kier alpha value is -2.57. The van der Waals surface area contributed by atoms with Crippen LogP contribution in [0.5, 0.6) is 0 Å². The molecule has 0 aliphatic carbocycles. The molecule has 5 nitrogen and oxygen atoms in total. The fourth-order valence-electron chi connectivity index (χ4n) is 1.23. The van der Waals surface area contributed by atoms with Crippen LogP contribution in [-0.2, 0) is 0 Å². The number of carbonyl (C=O) groups is 1. The first-order valence-electron chi connectivity index (χ1n) is 4.85. The number of benzene rings is 1. The summed E-state index contributed by atoms with van der Waals surface area (Å²) in [4.78, 5) is 10.5. The minimum atomic E-state index is -1.19. The lowest BCUT2D eigenvalue weighted by molar-refractivity contribution is 0.0689. The molecule has 0 saturated heterocycles. The Morgan fingerprint density at radius 2 is 1.89 bits per heavy atom. The van der Waals surface area contributed by atoms with E-state index < -0.39 is 17.6 Å². The van der Waals surface area contributed by atoms with E-state index in [0.29, 0.717) is 0 Å². The SMILES string of the molecule is O=C(O)c1ccc(Nc2ccc(F)c(F)c2)nn1. The summed E-state index contributed by atoms with van der Waals surface area (Å²) in [7, 11) is 0. The fraction of sp³-hybridized carbons (Fsp3) is 0. The summed E-state index contributed by atoms with van der Waals surface area (Å²) in [6.45, 7) is 0. The van der Waals surface area contributed by atoms with Gasteiger partial charge in [-0.1, -0.05) is 0 Å². The molecule has 0 atom stereocenters. The third-order valence-corrected chi connectivity index (χ3v) is 2.08. The number of rotatable bonds is 3. The van der Waals surface area contributed by atoms with E-state index in [-0.39, 0.29) is 17.2 Å². The number of nitrogens with one attached hydrogen (secondary N) is 1. The van der Waals surface area contributed by atoms with Gasteiger partial charge in [-0.2, -0.15) is 0 Å². The van der Waals surface area contributed by atoms with Gasteiger partial charge in [0.2, 0.25) is 0 Å². The van der Waals surface area contributed by atoms with Gasteiger partial charge in [-0.15, -0.1) is 10.2 Å². The summed E-state index contributed by atoms with van der Waals surface area (Å²) in [6.07, 6.45) is 0. The average Bonchev–Trinajstić information content (AvgIpc) is 2.34. The number of hydrogen-bond donors (Lipinski definition) is 2. The van der Waals surface area contributed by atoms with Crippen LogP contribution in [0.25, 0.3) is 0 Å². The topological polar surface area (TPSA) is 75.1 Å². The molecule has 18 heavy (non-hydrogen) atoms. The van der Waals surface area contributed by atoms with Crippen molar-refractivity contribution in [3.63, 3.8) is 0 Å². The highest BCUT2D eigenvalue weighted by molar-refractivity contribution is 5.85. The molecular weight excluding hydrogens is 244 g/mol. The quantitative estimate of drug-likeness (QED) is 0.874. The second kappa shape index (κ2) is 4.74. The molecule has 0 spiro atoms. The van der Waals surface area contributed by atoms with Crippen LogP contribution in [-0.4, -0.2) is 21.3 Å². The maximum Gasteiger partial charge on any atom is 0.356 e. The normalized spacial score (nSPS) is 10.1. The standard InChI is InChI=1S/C11H7F2N3O2/c12-7-2-1-6(5-8(7)13)14-10-4-3-9(11(17)18)15-16-10/h1-5H,(H,14,16)(H,17,18). The smallest absolute Gasteiger partial charge is 0.356 e. The number of carboxylic acids is 1. The predicted molar refractivity (Wildman–Crippen MR) is 58.6 cm³/mol. The van der Waals surface area contributed by atoms with E-state index in [4.69, 9.17) is 5.11 Å². The van der Waals surface area contributed by atoms with Crippen molar-refractivity contribution in [2.45, 2.75) is 0 Å². The van der Waals surface area contributed by atoms with Crippen molar-refractivity contribution in [3.8, 4) is 0 Å². The van der Waals surface area contributed by atoms with E-state index in [0.717, 1.165) is 12.1 Å². The number of anilines is 2. The highest BCUT2D eigenvalue weighted by Gasteiger charge is 2.06. The molecule has 2 N–H and O–H groups in total. The number of hydrogen-bond acceptors (Lipinski definition) is 4. The zero-order chi connectivity index (χ0) is 13.1. The first-order valence-corrected chi connectivity index (χ1v) is 4.85. The number of halogens is 2. The first kappa shape index (κ1) is 11.9. The molecular formula is C11H7F2N3O2. The minimum Gasteiger partial charge on any atom is -0.476 e. The zero-order valence-corrected chi connectivity index (χ0v) is 8.89. The number of nitrogens with zero attached hydrogens (tertiary/aromatic N) is 2. The van der Waals surface area contributed by atoms with Crippen molar-refractivity contribution in [3.05, 3.63) is 47.7 Å². The van der Waals surface area contributed by atoms with E-state index in [1.54, 1.807) is 0 Å². The molecule has 0 aliphatic heterocycles. The third kappa shape index (κ3) is 2.57. The molecule has 7 heteroatoms. The van der Waals surface area contributed by atoms with Crippen LogP contribution in [0.15, 0.2) is 30.3 Å². The summed E-state index contributed by atoms with van der Waals surface area (Å²) < 4.78 is 25.6. The molecule has 1 heterocycles. The van der Waals surface area contributed by atoms with Crippen molar-refractivity contribution in [2.24, 2.45) is 0 Å². The monoisotopic (exact) mass is 251 g/mol. The summed E-state index contributed by atoms with van der Waals surface area (Å²) >= 11 is 0. The molecule has 0 amide bonds. The van der Waals surface area contributed by atoms with Gasteiger partial charge in [0.15, 0.2) is 23.1 Å². The van der Waals surface area contributed by atoms with Gasteiger partial charge >= 0.3 is 5.97 Å². The molecule has 0 aliphatic rings. The van der Waals surface area contributed by atoms with Gasteiger partial charge in [-0.05, 0) is 24.3 Å². The molecule has 0 bridgehead atoms.